The fourth-order valence-corrected chi connectivity index (χ4v) is 6.95. The molecular formula is C37H35N3S. The Balaban J connectivity index is 1.29. The zero-order valence-corrected chi connectivity index (χ0v) is 25.0. The molecule has 0 N–H and O–H groups in total. The van der Waals surface area contributed by atoms with Gasteiger partial charge in [0.2, 0.25) is 0 Å². The Morgan fingerprint density at radius 2 is 1.37 bits per heavy atom. The fraction of sp³-hybridized carbons (Fsp3) is 0.189. The lowest BCUT2D eigenvalue weighted by atomic mass is 9.87. The third-order valence-corrected chi connectivity index (χ3v) is 9.13. The predicted octanol–water partition coefficient (Wildman–Crippen LogP) is 9.84. The summed E-state index contributed by atoms with van der Waals surface area (Å²) in [6.07, 6.45) is 0. The topological polar surface area (TPSA) is 11.4 Å². The lowest BCUT2D eigenvalue weighted by Gasteiger charge is -2.25. The largest absolute Gasteiger partial charge is 0.355 e. The first-order chi connectivity index (χ1) is 19.8. The average molecular weight is 554 g/mol. The highest BCUT2D eigenvalue weighted by atomic mass is 32.2. The van der Waals surface area contributed by atoms with Gasteiger partial charge in [0.1, 0.15) is 0 Å². The van der Waals surface area contributed by atoms with E-state index in [0.717, 1.165) is 13.2 Å². The smallest absolute Gasteiger partial charge is 0.0950 e. The van der Waals surface area contributed by atoms with E-state index in [4.69, 9.17) is 0 Å². The van der Waals surface area contributed by atoms with Crippen LogP contribution in [0.1, 0.15) is 31.9 Å². The molecular weight excluding hydrogens is 518 g/mol. The van der Waals surface area contributed by atoms with Crippen LogP contribution in [0.2, 0.25) is 0 Å². The van der Waals surface area contributed by atoms with Crippen molar-refractivity contribution in [3.63, 3.8) is 0 Å². The van der Waals surface area contributed by atoms with E-state index in [9.17, 15) is 0 Å². The summed E-state index contributed by atoms with van der Waals surface area (Å²) in [7, 11) is 2.17. The lowest BCUT2D eigenvalue weighted by Crippen LogP contribution is -2.24. The minimum absolute atomic E-state index is 0.0469. The van der Waals surface area contributed by atoms with Crippen molar-refractivity contribution in [2.24, 2.45) is 0 Å². The van der Waals surface area contributed by atoms with Crippen molar-refractivity contribution in [2.45, 2.75) is 42.5 Å². The van der Waals surface area contributed by atoms with Gasteiger partial charge in [-0.2, -0.15) is 0 Å². The van der Waals surface area contributed by atoms with Crippen molar-refractivity contribution in [3.05, 3.63) is 126 Å². The number of para-hydroxylation sites is 3. The van der Waals surface area contributed by atoms with Crippen LogP contribution < -0.4 is 9.80 Å². The number of nitrogens with zero attached hydrogens (tertiary/aromatic N) is 3. The molecule has 0 bridgehead atoms. The molecule has 0 saturated carbocycles. The Kier molecular flexibility index (Phi) is 6.32. The Labute approximate surface area is 247 Å². The molecule has 0 atom stereocenters. The van der Waals surface area contributed by atoms with Crippen LogP contribution >= 0.6 is 11.8 Å². The number of fused-ring (bicyclic) bond motifs is 4. The summed E-state index contributed by atoms with van der Waals surface area (Å²) < 4.78 is 2.45. The van der Waals surface area contributed by atoms with E-state index in [0.29, 0.717) is 0 Å². The molecule has 0 saturated heterocycles. The zero-order valence-electron chi connectivity index (χ0n) is 24.1. The maximum absolute atomic E-state index is 2.45. The molecule has 2 heterocycles. The third kappa shape index (κ3) is 4.76. The Morgan fingerprint density at radius 1 is 0.659 bits per heavy atom. The van der Waals surface area contributed by atoms with E-state index < -0.39 is 0 Å². The van der Waals surface area contributed by atoms with Gasteiger partial charge in [-0.25, -0.2) is 0 Å². The molecule has 0 unspecified atom stereocenters. The van der Waals surface area contributed by atoms with Crippen molar-refractivity contribution < 1.29 is 0 Å². The third-order valence-electron chi connectivity index (χ3n) is 8.17. The highest BCUT2D eigenvalue weighted by Gasteiger charge is 2.26. The van der Waals surface area contributed by atoms with Crippen molar-refractivity contribution in [2.75, 3.05) is 23.5 Å². The molecule has 41 heavy (non-hydrogen) atoms. The molecule has 1 aliphatic heterocycles. The highest BCUT2D eigenvalue weighted by Crippen LogP contribution is 2.43. The van der Waals surface area contributed by atoms with Crippen LogP contribution in [0, 0.1) is 0 Å². The molecule has 5 aromatic carbocycles. The summed E-state index contributed by atoms with van der Waals surface area (Å²) in [4.78, 5) is 7.29. The Bertz CT molecular complexity index is 1880. The van der Waals surface area contributed by atoms with Crippen LogP contribution in [0.5, 0.6) is 0 Å². The standard InChI is InChI=1S/C37H35N3S/c1-37(2,3)27-20-28(40-25-38(4)35-16-10-11-17-36(35)40)22-30(21-27)41-29-18-19-34-32(23-29)31-14-8-9-15-33(31)39(34)24-26-12-6-5-7-13-26/h5-23H,24-25H2,1-4H3. The first-order valence-corrected chi connectivity index (χ1v) is 15.1. The molecule has 4 heteroatoms. The maximum atomic E-state index is 2.45. The van der Waals surface area contributed by atoms with Gasteiger partial charge in [0.05, 0.1) is 18.0 Å². The minimum Gasteiger partial charge on any atom is -0.355 e. The van der Waals surface area contributed by atoms with Crippen LogP contribution in [0.3, 0.4) is 0 Å². The van der Waals surface area contributed by atoms with Crippen LogP contribution in [0.4, 0.5) is 17.1 Å². The van der Waals surface area contributed by atoms with Crippen molar-refractivity contribution in [3.8, 4) is 0 Å². The van der Waals surface area contributed by atoms with Gasteiger partial charge in [-0.3, -0.25) is 0 Å². The van der Waals surface area contributed by atoms with Crippen molar-refractivity contribution >= 4 is 50.6 Å². The number of benzene rings is 5. The Morgan fingerprint density at radius 3 is 2.17 bits per heavy atom. The van der Waals surface area contributed by atoms with Gasteiger partial charge in [0.15, 0.2) is 0 Å². The number of hydrogen-bond acceptors (Lipinski definition) is 3. The molecule has 0 radical (unpaired) electrons. The summed E-state index contributed by atoms with van der Waals surface area (Å²) in [6.45, 7) is 8.62. The maximum Gasteiger partial charge on any atom is 0.0950 e. The van der Waals surface area contributed by atoms with Crippen LogP contribution in [0.25, 0.3) is 21.8 Å². The van der Waals surface area contributed by atoms with Crippen molar-refractivity contribution in [1.29, 1.82) is 0 Å². The van der Waals surface area contributed by atoms with Crippen LogP contribution in [-0.2, 0) is 12.0 Å². The second-order valence-corrected chi connectivity index (χ2v) is 13.2. The second-order valence-electron chi connectivity index (χ2n) is 12.1. The molecule has 0 aliphatic carbocycles. The molecule has 1 aliphatic rings. The molecule has 204 valence electrons. The molecule has 1 aromatic heterocycles. The first-order valence-electron chi connectivity index (χ1n) is 14.3. The molecule has 7 rings (SSSR count). The molecule has 6 aromatic rings. The van der Waals surface area contributed by atoms with Gasteiger partial charge in [0, 0.05) is 50.9 Å². The summed E-state index contributed by atoms with van der Waals surface area (Å²) >= 11 is 1.86. The number of aromatic nitrogens is 1. The number of hydrogen-bond donors (Lipinski definition) is 0. The first kappa shape index (κ1) is 25.8. The minimum atomic E-state index is 0.0469. The zero-order chi connectivity index (χ0) is 28.1. The Hall–Kier alpha value is -4.15. The summed E-state index contributed by atoms with van der Waals surface area (Å²) in [6, 6.07) is 42.3. The lowest BCUT2D eigenvalue weighted by molar-refractivity contribution is 0.588. The summed E-state index contributed by atoms with van der Waals surface area (Å²) in [5.41, 5.74) is 9.06. The van der Waals surface area contributed by atoms with Gasteiger partial charge in [0.25, 0.3) is 0 Å². The molecule has 0 amide bonds. The van der Waals surface area contributed by atoms with Gasteiger partial charge in [-0.05, 0) is 71.1 Å². The van der Waals surface area contributed by atoms with Crippen molar-refractivity contribution in [1.82, 2.24) is 4.57 Å². The van der Waals surface area contributed by atoms with Gasteiger partial charge in [-0.1, -0.05) is 93.2 Å². The number of rotatable bonds is 5. The van der Waals surface area contributed by atoms with Crippen LogP contribution in [-0.4, -0.2) is 18.3 Å². The van der Waals surface area contributed by atoms with Crippen LogP contribution in [0.15, 0.2) is 125 Å². The van der Waals surface area contributed by atoms with E-state index in [1.807, 2.05) is 11.8 Å². The predicted molar refractivity (Wildman–Crippen MR) is 176 cm³/mol. The van der Waals surface area contributed by atoms with Gasteiger partial charge in [-0.15, -0.1) is 0 Å². The monoisotopic (exact) mass is 553 g/mol. The molecule has 3 nitrogen and oxygen atoms in total. The average Bonchev–Trinajstić information content (AvgIpc) is 3.48. The molecule has 0 fully saturated rings. The van der Waals surface area contributed by atoms with E-state index in [-0.39, 0.29) is 5.41 Å². The second kappa shape index (κ2) is 10.0. The van der Waals surface area contributed by atoms with Gasteiger partial charge >= 0.3 is 0 Å². The SMILES string of the molecule is CN1CN(c2cc(Sc3ccc4c(c3)c3ccccc3n4Cc3ccccc3)cc(C(C)(C)C)c2)c2ccccc21. The quantitative estimate of drug-likeness (QED) is 0.211. The normalized spacial score (nSPS) is 13.4. The highest BCUT2D eigenvalue weighted by molar-refractivity contribution is 7.99. The molecule has 0 spiro atoms. The summed E-state index contributed by atoms with van der Waals surface area (Å²) in [5, 5.41) is 2.62. The van der Waals surface area contributed by atoms with E-state index >= 15 is 0 Å². The van der Waals surface area contributed by atoms with E-state index in [1.54, 1.807) is 0 Å². The number of anilines is 3. The van der Waals surface area contributed by atoms with Gasteiger partial charge < -0.3 is 14.4 Å². The summed E-state index contributed by atoms with van der Waals surface area (Å²) in [5.74, 6) is 0. The van der Waals surface area contributed by atoms with E-state index in [2.05, 4.69) is 157 Å². The fourth-order valence-electron chi connectivity index (χ4n) is 6.00. The van der Waals surface area contributed by atoms with E-state index in [1.165, 1.54) is 59.8 Å².